The van der Waals surface area contributed by atoms with Crippen LogP contribution in [-0.2, 0) is 0 Å². The summed E-state index contributed by atoms with van der Waals surface area (Å²) >= 11 is 0. The van der Waals surface area contributed by atoms with Crippen LogP contribution in [0.3, 0.4) is 0 Å². The highest BCUT2D eigenvalue weighted by Gasteiger charge is 2.28. The van der Waals surface area contributed by atoms with Crippen molar-refractivity contribution in [2.75, 3.05) is 6.54 Å². The molecule has 148 valence electrons. The van der Waals surface area contributed by atoms with Crippen LogP contribution in [0.25, 0.3) is 5.69 Å². The van der Waals surface area contributed by atoms with Gasteiger partial charge in [0.05, 0.1) is 4.92 Å². The summed E-state index contributed by atoms with van der Waals surface area (Å²) in [5, 5.41) is 15.6. The summed E-state index contributed by atoms with van der Waals surface area (Å²) in [6.07, 6.45) is 5.13. The van der Waals surface area contributed by atoms with E-state index in [-0.39, 0.29) is 23.1 Å². The molecule has 0 unspecified atom stereocenters. The Labute approximate surface area is 162 Å². The summed E-state index contributed by atoms with van der Waals surface area (Å²) in [6, 6.07) is 7.56. The number of benzene rings is 1. The first-order chi connectivity index (χ1) is 13.4. The van der Waals surface area contributed by atoms with E-state index in [1.807, 2.05) is 6.92 Å². The smallest absolute Gasteiger partial charge is 0.294 e. The largest absolute Gasteiger partial charge is 0.334 e. The van der Waals surface area contributed by atoms with Crippen molar-refractivity contribution >= 4 is 11.6 Å². The van der Waals surface area contributed by atoms with Crippen LogP contribution in [0, 0.1) is 17.0 Å². The Bertz CT molecular complexity index is 947. The molecule has 3 rings (SSSR count). The van der Waals surface area contributed by atoms with Gasteiger partial charge < -0.3 is 4.90 Å². The summed E-state index contributed by atoms with van der Waals surface area (Å²) in [6.45, 7) is 4.02. The second kappa shape index (κ2) is 8.33. The van der Waals surface area contributed by atoms with Gasteiger partial charge in [-0.2, -0.15) is 5.10 Å². The summed E-state index contributed by atoms with van der Waals surface area (Å²) < 4.78 is 1.31. The lowest BCUT2D eigenvalue weighted by Crippen LogP contribution is -2.43. The molecule has 1 aromatic heterocycles. The monoisotopic (exact) mass is 384 g/mol. The number of amides is 1. The summed E-state index contributed by atoms with van der Waals surface area (Å²) in [4.78, 5) is 38.2. The molecular weight excluding hydrogens is 360 g/mol. The van der Waals surface area contributed by atoms with Crippen LogP contribution in [0.15, 0.2) is 35.1 Å². The van der Waals surface area contributed by atoms with E-state index in [0.717, 1.165) is 32.1 Å². The molecule has 8 nitrogen and oxygen atoms in total. The number of hydrogen-bond donors (Lipinski definition) is 0. The van der Waals surface area contributed by atoms with Crippen LogP contribution >= 0.6 is 0 Å². The van der Waals surface area contributed by atoms with Crippen LogP contribution < -0.4 is 5.43 Å². The number of nitro benzene ring substituents is 1. The van der Waals surface area contributed by atoms with Crippen molar-refractivity contribution in [3.8, 4) is 5.69 Å². The fourth-order valence-electron chi connectivity index (χ4n) is 3.83. The Morgan fingerprint density at radius 3 is 2.61 bits per heavy atom. The third kappa shape index (κ3) is 3.81. The quantitative estimate of drug-likeness (QED) is 0.582. The molecule has 0 spiro atoms. The van der Waals surface area contributed by atoms with Gasteiger partial charge in [0.1, 0.15) is 5.69 Å². The molecular formula is C20H24N4O4. The van der Waals surface area contributed by atoms with Crippen molar-refractivity contribution in [3.05, 3.63) is 62.1 Å². The second-order valence-corrected chi connectivity index (χ2v) is 7.04. The lowest BCUT2D eigenvalue weighted by molar-refractivity contribution is -0.384. The van der Waals surface area contributed by atoms with Crippen LogP contribution in [0.5, 0.6) is 0 Å². The maximum Gasteiger partial charge on any atom is 0.294 e. The molecule has 2 aromatic rings. The Morgan fingerprint density at radius 2 is 1.96 bits per heavy atom. The van der Waals surface area contributed by atoms with Crippen molar-refractivity contribution < 1.29 is 9.72 Å². The van der Waals surface area contributed by atoms with Crippen molar-refractivity contribution in [2.24, 2.45) is 0 Å². The Kier molecular flexibility index (Phi) is 5.87. The van der Waals surface area contributed by atoms with Crippen LogP contribution in [0.2, 0.25) is 0 Å². The highest BCUT2D eigenvalue weighted by atomic mass is 16.6. The highest BCUT2D eigenvalue weighted by Crippen LogP contribution is 2.24. The predicted octanol–water partition coefficient (Wildman–Crippen LogP) is 3.24. The van der Waals surface area contributed by atoms with Crippen molar-refractivity contribution in [1.29, 1.82) is 0 Å². The number of para-hydroxylation sites is 2. The minimum atomic E-state index is -0.504. The minimum Gasteiger partial charge on any atom is -0.334 e. The fraction of sp³-hybridized carbons (Fsp3) is 0.450. The second-order valence-electron chi connectivity index (χ2n) is 7.04. The molecule has 0 N–H and O–H groups in total. The molecule has 28 heavy (non-hydrogen) atoms. The third-order valence-corrected chi connectivity index (χ3v) is 5.23. The Morgan fingerprint density at radius 1 is 1.29 bits per heavy atom. The maximum atomic E-state index is 13.1. The fourth-order valence-corrected chi connectivity index (χ4v) is 3.83. The van der Waals surface area contributed by atoms with Crippen LogP contribution in [0.4, 0.5) is 5.69 Å². The van der Waals surface area contributed by atoms with E-state index in [0.29, 0.717) is 12.2 Å². The number of aromatic nitrogens is 2. The standard InChI is InChI=1S/C20H24N4O4/c1-3-22(15-9-5-4-6-10-15)20(26)19-18(25)13-14(2)23(21-19)16-11-7-8-12-17(16)24(27)28/h7-8,11-13,15H,3-6,9-10H2,1-2H3. The zero-order valence-corrected chi connectivity index (χ0v) is 16.1. The molecule has 1 aromatic carbocycles. The zero-order valence-electron chi connectivity index (χ0n) is 16.1. The molecule has 1 aliphatic carbocycles. The van der Waals surface area contributed by atoms with Crippen molar-refractivity contribution in [2.45, 2.75) is 52.0 Å². The van der Waals surface area contributed by atoms with E-state index < -0.39 is 16.3 Å². The van der Waals surface area contributed by atoms with Crippen molar-refractivity contribution in [1.82, 2.24) is 14.7 Å². The van der Waals surface area contributed by atoms with Crippen LogP contribution in [-0.4, -0.2) is 38.1 Å². The van der Waals surface area contributed by atoms with Gasteiger partial charge >= 0.3 is 0 Å². The molecule has 0 bridgehead atoms. The highest BCUT2D eigenvalue weighted by molar-refractivity contribution is 5.92. The van der Waals surface area contributed by atoms with E-state index in [1.54, 1.807) is 30.0 Å². The number of nitrogens with zero attached hydrogens (tertiary/aromatic N) is 4. The maximum absolute atomic E-state index is 13.1. The lowest BCUT2D eigenvalue weighted by atomic mass is 9.94. The first kappa shape index (κ1) is 19.7. The van der Waals surface area contributed by atoms with Gasteiger partial charge in [-0.25, -0.2) is 4.68 Å². The molecule has 8 heteroatoms. The number of rotatable bonds is 5. The first-order valence-electron chi connectivity index (χ1n) is 9.59. The van der Waals surface area contributed by atoms with E-state index in [9.17, 15) is 19.7 Å². The number of hydrogen-bond acceptors (Lipinski definition) is 5. The van der Waals surface area contributed by atoms with E-state index >= 15 is 0 Å². The topological polar surface area (TPSA) is 98.3 Å². The molecule has 0 saturated heterocycles. The molecule has 1 aliphatic rings. The summed E-state index contributed by atoms with van der Waals surface area (Å²) in [7, 11) is 0. The molecule has 0 aliphatic heterocycles. The van der Waals surface area contributed by atoms with Gasteiger partial charge in [-0.3, -0.25) is 19.7 Å². The summed E-state index contributed by atoms with van der Waals surface area (Å²) in [5.74, 6) is -0.410. The van der Waals surface area contributed by atoms with Gasteiger partial charge in [0.25, 0.3) is 11.6 Å². The van der Waals surface area contributed by atoms with Gasteiger partial charge in [-0.15, -0.1) is 0 Å². The third-order valence-electron chi connectivity index (χ3n) is 5.23. The lowest BCUT2D eigenvalue weighted by Gasteiger charge is -2.33. The van der Waals surface area contributed by atoms with Crippen LogP contribution in [0.1, 0.15) is 55.2 Å². The number of aryl methyl sites for hydroxylation is 1. The van der Waals surface area contributed by atoms with E-state index in [4.69, 9.17) is 0 Å². The SMILES string of the molecule is CCN(C(=O)c1nn(-c2ccccc2[N+](=O)[O-])c(C)cc1=O)C1CCCCC1. The molecule has 0 radical (unpaired) electrons. The predicted molar refractivity (Wildman–Crippen MR) is 105 cm³/mol. The van der Waals surface area contributed by atoms with Gasteiger partial charge in [0.2, 0.25) is 5.43 Å². The molecule has 1 saturated carbocycles. The number of carbonyl (C=O) groups is 1. The molecule has 1 fully saturated rings. The normalized spacial score (nSPS) is 14.6. The average Bonchev–Trinajstić information content (AvgIpc) is 2.69. The van der Waals surface area contributed by atoms with Gasteiger partial charge in [-0.1, -0.05) is 31.4 Å². The van der Waals surface area contributed by atoms with Gasteiger partial charge in [0, 0.05) is 30.4 Å². The molecule has 1 amide bonds. The Balaban J connectivity index is 2.06. The van der Waals surface area contributed by atoms with Gasteiger partial charge in [-0.05, 0) is 32.8 Å². The van der Waals surface area contributed by atoms with Gasteiger partial charge in [0.15, 0.2) is 5.69 Å². The molecule has 0 atom stereocenters. The molecule has 1 heterocycles. The number of nitro groups is 1. The van der Waals surface area contributed by atoms with E-state index in [1.165, 1.54) is 16.8 Å². The first-order valence-corrected chi connectivity index (χ1v) is 9.59. The van der Waals surface area contributed by atoms with Crippen molar-refractivity contribution in [3.63, 3.8) is 0 Å². The zero-order chi connectivity index (χ0) is 20.3. The minimum absolute atomic E-state index is 0.105. The Hall–Kier alpha value is -3.03. The summed E-state index contributed by atoms with van der Waals surface area (Å²) in [5.41, 5.74) is -0.154. The van der Waals surface area contributed by atoms with E-state index in [2.05, 4.69) is 5.10 Å². The average molecular weight is 384 g/mol. The number of carbonyl (C=O) groups excluding carboxylic acids is 1.